The molecular weight excluding hydrogens is 264 g/mol. The molecule has 1 aliphatic rings. The van der Waals surface area contributed by atoms with Crippen molar-refractivity contribution in [3.63, 3.8) is 0 Å². The minimum Gasteiger partial charge on any atom is -0.464 e. The predicted octanol–water partition coefficient (Wildman–Crippen LogP) is 3.94. The number of carbonyl (C=O) groups excluding carboxylic acids is 1. The molecule has 0 N–H and O–H groups in total. The van der Waals surface area contributed by atoms with Crippen molar-refractivity contribution < 1.29 is 14.3 Å². The third-order valence-corrected chi connectivity index (χ3v) is 4.51. The highest BCUT2D eigenvalue weighted by Gasteiger charge is 2.72. The molecule has 0 bridgehead atoms. The van der Waals surface area contributed by atoms with E-state index in [9.17, 15) is 4.79 Å². The van der Waals surface area contributed by atoms with Crippen molar-refractivity contribution in [1.29, 1.82) is 0 Å². The van der Waals surface area contributed by atoms with Crippen LogP contribution in [0.5, 0.6) is 0 Å². The van der Waals surface area contributed by atoms with Crippen LogP contribution in [0.3, 0.4) is 0 Å². The van der Waals surface area contributed by atoms with Gasteiger partial charge in [-0.25, -0.2) is 4.79 Å². The minimum absolute atomic E-state index is 0.118. The Hall–Kier alpha value is -1.35. The molecule has 0 amide bonds. The quantitative estimate of drug-likeness (QED) is 0.622. The molecule has 21 heavy (non-hydrogen) atoms. The molecule has 0 spiro atoms. The molecule has 1 aliphatic heterocycles. The maximum atomic E-state index is 12.2. The summed E-state index contributed by atoms with van der Waals surface area (Å²) >= 11 is 0. The fourth-order valence-corrected chi connectivity index (χ4v) is 2.94. The Morgan fingerprint density at radius 2 is 1.76 bits per heavy atom. The lowest BCUT2D eigenvalue weighted by atomic mass is 9.82. The summed E-state index contributed by atoms with van der Waals surface area (Å²) in [6.07, 6.45) is 0.614. The first-order valence-corrected chi connectivity index (χ1v) is 7.69. The molecule has 2 rings (SSSR count). The zero-order valence-corrected chi connectivity index (χ0v) is 13.9. The molecule has 1 heterocycles. The van der Waals surface area contributed by atoms with Gasteiger partial charge >= 0.3 is 5.97 Å². The molecule has 1 aromatic carbocycles. The van der Waals surface area contributed by atoms with Crippen LogP contribution in [0, 0.1) is 0 Å². The average Bonchev–Trinajstić information content (AvgIpc) is 3.07. The first-order valence-electron chi connectivity index (χ1n) is 7.69. The van der Waals surface area contributed by atoms with E-state index in [1.807, 2.05) is 20.8 Å². The van der Waals surface area contributed by atoms with Gasteiger partial charge in [-0.3, -0.25) is 0 Å². The number of rotatable bonds is 4. The van der Waals surface area contributed by atoms with Gasteiger partial charge in [0.1, 0.15) is 5.60 Å². The van der Waals surface area contributed by atoms with Gasteiger partial charge in [0.25, 0.3) is 0 Å². The first kappa shape index (κ1) is 16.0. The van der Waals surface area contributed by atoms with Crippen LogP contribution in [0.15, 0.2) is 24.3 Å². The van der Waals surface area contributed by atoms with Gasteiger partial charge in [0.15, 0.2) is 5.60 Å². The van der Waals surface area contributed by atoms with Crippen LogP contribution in [0.2, 0.25) is 0 Å². The van der Waals surface area contributed by atoms with E-state index in [-0.39, 0.29) is 11.4 Å². The van der Waals surface area contributed by atoms with Gasteiger partial charge in [-0.15, -0.1) is 0 Å². The molecule has 0 aromatic heterocycles. The van der Waals surface area contributed by atoms with E-state index < -0.39 is 11.2 Å². The normalized spacial score (nSPS) is 28.3. The number of benzene rings is 1. The average molecular weight is 290 g/mol. The van der Waals surface area contributed by atoms with Crippen LogP contribution in [0.4, 0.5) is 0 Å². The maximum absolute atomic E-state index is 12.2. The second kappa shape index (κ2) is 5.13. The van der Waals surface area contributed by atoms with Crippen molar-refractivity contribution in [3.05, 3.63) is 35.4 Å². The lowest BCUT2D eigenvalue weighted by molar-refractivity contribution is -0.149. The van der Waals surface area contributed by atoms with Gasteiger partial charge in [0.2, 0.25) is 0 Å². The van der Waals surface area contributed by atoms with Crippen LogP contribution in [-0.4, -0.2) is 18.2 Å². The summed E-state index contributed by atoms with van der Waals surface area (Å²) in [7, 11) is 0. The first-order chi connectivity index (χ1) is 9.71. The number of hydrogen-bond acceptors (Lipinski definition) is 3. The highest BCUT2D eigenvalue weighted by molar-refractivity contribution is 5.85. The Morgan fingerprint density at radius 3 is 2.19 bits per heavy atom. The molecule has 116 valence electrons. The van der Waals surface area contributed by atoms with Gasteiger partial charge < -0.3 is 9.47 Å². The molecule has 1 fully saturated rings. The van der Waals surface area contributed by atoms with Gasteiger partial charge in [0.05, 0.1) is 6.61 Å². The van der Waals surface area contributed by atoms with Gasteiger partial charge in [-0.05, 0) is 36.8 Å². The van der Waals surface area contributed by atoms with Crippen LogP contribution >= 0.6 is 0 Å². The summed E-state index contributed by atoms with van der Waals surface area (Å²) in [5.74, 6) is -0.255. The van der Waals surface area contributed by atoms with Crippen LogP contribution < -0.4 is 0 Å². The molecule has 3 heteroatoms. The number of epoxide rings is 1. The third-order valence-electron chi connectivity index (χ3n) is 4.51. The Kier molecular flexibility index (Phi) is 3.92. The van der Waals surface area contributed by atoms with Crippen LogP contribution in [0.1, 0.15) is 59.1 Å². The smallest absolute Gasteiger partial charge is 0.341 e. The molecule has 0 radical (unpaired) electrons. The maximum Gasteiger partial charge on any atom is 0.341 e. The Balaban J connectivity index is 2.28. The largest absolute Gasteiger partial charge is 0.464 e. The summed E-state index contributed by atoms with van der Waals surface area (Å²) in [4.78, 5) is 12.2. The SMILES string of the molecule is CCOC(=O)C1(CC)OC1(C)c1ccc(C(C)(C)C)cc1. The van der Waals surface area contributed by atoms with Gasteiger partial charge in [-0.1, -0.05) is 52.0 Å². The molecule has 1 saturated heterocycles. The molecule has 2 atom stereocenters. The van der Waals surface area contributed by atoms with E-state index in [2.05, 4.69) is 45.0 Å². The Bertz CT molecular complexity index is 526. The molecule has 2 unspecified atom stereocenters. The Morgan fingerprint density at radius 1 is 1.19 bits per heavy atom. The van der Waals surface area contributed by atoms with Gasteiger partial charge in [0, 0.05) is 0 Å². The molecule has 3 nitrogen and oxygen atoms in total. The van der Waals surface area contributed by atoms with Crippen LogP contribution in [-0.2, 0) is 25.3 Å². The molecular formula is C18H26O3. The van der Waals surface area contributed by atoms with E-state index in [0.717, 1.165) is 5.56 Å². The highest BCUT2D eigenvalue weighted by Crippen LogP contribution is 2.58. The number of esters is 1. The second-order valence-electron chi connectivity index (χ2n) is 6.86. The van der Waals surface area contributed by atoms with Crippen molar-refractivity contribution in [1.82, 2.24) is 0 Å². The van der Waals surface area contributed by atoms with E-state index in [1.54, 1.807) is 0 Å². The summed E-state index contributed by atoms with van der Waals surface area (Å²) < 4.78 is 11.1. The second-order valence-corrected chi connectivity index (χ2v) is 6.86. The van der Waals surface area contributed by atoms with Gasteiger partial charge in [-0.2, -0.15) is 0 Å². The van der Waals surface area contributed by atoms with Crippen molar-refractivity contribution >= 4 is 5.97 Å². The zero-order valence-electron chi connectivity index (χ0n) is 13.9. The van der Waals surface area contributed by atoms with Crippen molar-refractivity contribution in [2.24, 2.45) is 0 Å². The summed E-state index contributed by atoms with van der Waals surface area (Å²) in [5, 5.41) is 0. The van der Waals surface area contributed by atoms with Crippen molar-refractivity contribution in [2.45, 2.75) is 64.6 Å². The highest BCUT2D eigenvalue weighted by atomic mass is 16.7. The minimum atomic E-state index is -0.827. The topological polar surface area (TPSA) is 38.8 Å². The fourth-order valence-electron chi connectivity index (χ4n) is 2.94. The molecule has 1 aromatic rings. The van der Waals surface area contributed by atoms with Crippen LogP contribution in [0.25, 0.3) is 0 Å². The van der Waals surface area contributed by atoms with E-state index in [1.165, 1.54) is 5.56 Å². The third kappa shape index (κ3) is 2.48. The monoisotopic (exact) mass is 290 g/mol. The zero-order chi connectivity index (χ0) is 15.9. The summed E-state index contributed by atoms with van der Waals surface area (Å²) in [6.45, 7) is 12.7. The number of hydrogen-bond donors (Lipinski definition) is 0. The number of ether oxygens (including phenoxy) is 2. The Labute approximate surface area is 127 Å². The number of carbonyl (C=O) groups is 1. The van der Waals surface area contributed by atoms with E-state index in [4.69, 9.17) is 9.47 Å². The molecule has 0 aliphatic carbocycles. The van der Waals surface area contributed by atoms with E-state index in [0.29, 0.717) is 13.0 Å². The van der Waals surface area contributed by atoms with Crippen molar-refractivity contribution in [2.75, 3.05) is 6.61 Å². The summed E-state index contributed by atoms with van der Waals surface area (Å²) in [5.41, 5.74) is 1.02. The summed E-state index contributed by atoms with van der Waals surface area (Å²) in [6, 6.07) is 8.37. The predicted molar refractivity (Wildman–Crippen MR) is 83.2 cm³/mol. The van der Waals surface area contributed by atoms with E-state index >= 15 is 0 Å². The molecule has 0 saturated carbocycles. The lowest BCUT2D eigenvalue weighted by Gasteiger charge is -2.20. The van der Waals surface area contributed by atoms with Crippen molar-refractivity contribution in [3.8, 4) is 0 Å². The fraction of sp³-hybridized carbons (Fsp3) is 0.611. The lowest BCUT2D eigenvalue weighted by Crippen LogP contribution is -2.32. The standard InChI is InChI=1S/C18H26O3/c1-7-18(15(19)20-8-2)17(6,21-18)14-11-9-13(10-12-14)16(3,4)5/h9-12H,7-8H2,1-6H3.